The summed E-state index contributed by atoms with van der Waals surface area (Å²) in [5.41, 5.74) is 16.5. The zero-order valence-corrected chi connectivity index (χ0v) is 32.7. The van der Waals surface area contributed by atoms with Gasteiger partial charge in [0.15, 0.2) is 0 Å². The van der Waals surface area contributed by atoms with Crippen LogP contribution in [0.15, 0.2) is 158 Å². The van der Waals surface area contributed by atoms with Crippen LogP contribution in [0.4, 0.5) is 0 Å². The zero-order chi connectivity index (χ0) is 33.7. The normalized spacial score (nSPS) is 18.0. The average Bonchev–Trinajstić information content (AvgIpc) is 3.97. The Bertz CT molecular complexity index is 2220. The molecule has 6 aromatic carbocycles. The van der Waals surface area contributed by atoms with Gasteiger partial charge in [-0.2, -0.15) is 0 Å². The van der Waals surface area contributed by atoms with Crippen LogP contribution in [0.5, 0.6) is 0 Å². The van der Waals surface area contributed by atoms with Gasteiger partial charge in [0.05, 0.1) is 0 Å². The first-order valence-electron chi connectivity index (χ1n) is 18.5. The monoisotopic (exact) mass is 812 g/mol. The van der Waals surface area contributed by atoms with Crippen molar-refractivity contribution in [1.82, 2.24) is 0 Å². The average molecular weight is 811 g/mol. The summed E-state index contributed by atoms with van der Waals surface area (Å²) in [5, 5.41) is 0. The van der Waals surface area contributed by atoms with Gasteiger partial charge in [-0.1, -0.05) is 0 Å². The number of fused-ring (bicyclic) bond motifs is 2. The second kappa shape index (κ2) is 12.4. The van der Waals surface area contributed by atoms with Gasteiger partial charge in [0.25, 0.3) is 0 Å². The summed E-state index contributed by atoms with van der Waals surface area (Å²) in [6.45, 7) is 0. The van der Waals surface area contributed by atoms with Crippen LogP contribution in [0.2, 0.25) is 9.36 Å². The van der Waals surface area contributed by atoms with Crippen LogP contribution in [0.1, 0.15) is 55.3 Å². The molecule has 3 aliphatic rings. The Hall–Kier alpha value is -4.46. The van der Waals surface area contributed by atoms with E-state index in [2.05, 4.69) is 179 Å². The van der Waals surface area contributed by atoms with Crippen molar-refractivity contribution in [2.24, 2.45) is 0 Å². The summed E-state index contributed by atoms with van der Waals surface area (Å²) in [5.74, 6) is 0. The van der Waals surface area contributed by atoms with Crippen molar-refractivity contribution in [3.63, 3.8) is 0 Å². The summed E-state index contributed by atoms with van der Waals surface area (Å²) < 4.78 is 8.56. The van der Waals surface area contributed by atoms with E-state index < -0.39 is 18.0 Å². The van der Waals surface area contributed by atoms with Gasteiger partial charge in [0.1, 0.15) is 0 Å². The predicted molar refractivity (Wildman–Crippen MR) is 213 cm³/mol. The number of rotatable bonds is 6. The molecule has 2 unspecified atom stereocenters. The molecule has 9 rings (SSSR count). The van der Waals surface area contributed by atoms with Gasteiger partial charge >= 0.3 is 300 Å². The molecule has 0 spiro atoms. The summed E-state index contributed by atoms with van der Waals surface area (Å²) in [6, 6.07) is 54.1. The quantitative estimate of drug-likeness (QED) is 0.147. The van der Waals surface area contributed by atoms with E-state index in [-0.39, 0.29) is 0 Å². The SMILES string of the molecule is [CH3][Hf]([CH3])(=[C]1CCCC1)([CH]1C=Cc2c(-c3ccccc3-c3ccccc3)cccc21)[CH]1C=Cc2c(-c3ccccc3-c3ccccc3)cccc21. The fourth-order valence-corrected chi connectivity index (χ4v) is 35.2. The fourth-order valence-electron chi connectivity index (χ4n) is 10.1. The molecule has 0 heterocycles. The Labute approximate surface area is 298 Å². The van der Waals surface area contributed by atoms with Gasteiger partial charge in [0.2, 0.25) is 0 Å². The molecular weight excluding hydrogens is 767 g/mol. The maximum atomic E-state index is 2.83. The van der Waals surface area contributed by atoms with E-state index in [4.69, 9.17) is 0 Å². The second-order valence-electron chi connectivity index (χ2n) is 15.5. The molecular formula is C49H44Hf. The van der Waals surface area contributed by atoms with E-state index in [1.807, 2.05) is 3.26 Å². The predicted octanol–water partition coefficient (Wildman–Crippen LogP) is 13.7. The molecule has 0 saturated heterocycles. The Morgan fingerprint density at radius 2 is 0.780 bits per heavy atom. The van der Waals surface area contributed by atoms with E-state index in [0.717, 1.165) is 0 Å². The summed E-state index contributed by atoms with van der Waals surface area (Å²) in [4.78, 5) is 0. The Kier molecular flexibility index (Phi) is 7.81. The van der Waals surface area contributed by atoms with Gasteiger partial charge in [-0.25, -0.2) is 0 Å². The molecule has 0 aliphatic heterocycles. The maximum absolute atomic E-state index is 4.06. The Morgan fingerprint density at radius 3 is 1.22 bits per heavy atom. The summed E-state index contributed by atoms with van der Waals surface area (Å²) in [7, 11) is 0. The first-order chi connectivity index (χ1) is 24.5. The molecule has 3 aliphatic carbocycles. The van der Waals surface area contributed by atoms with Crippen LogP contribution in [0.3, 0.4) is 0 Å². The molecule has 1 fully saturated rings. The molecule has 0 radical (unpaired) electrons. The van der Waals surface area contributed by atoms with Crippen molar-refractivity contribution in [2.45, 2.75) is 42.4 Å². The molecule has 50 heavy (non-hydrogen) atoms. The van der Waals surface area contributed by atoms with Crippen molar-refractivity contribution in [3.05, 3.63) is 180 Å². The van der Waals surface area contributed by atoms with Gasteiger partial charge in [-0.05, 0) is 0 Å². The van der Waals surface area contributed by atoms with Gasteiger partial charge in [0, 0.05) is 0 Å². The minimum absolute atomic E-state index is 0.472. The van der Waals surface area contributed by atoms with Gasteiger partial charge < -0.3 is 0 Å². The molecule has 1 heteroatoms. The van der Waals surface area contributed by atoms with Crippen molar-refractivity contribution in [3.8, 4) is 44.5 Å². The van der Waals surface area contributed by atoms with E-state index in [1.54, 1.807) is 11.1 Å². The number of hydrogen-bond acceptors (Lipinski definition) is 0. The van der Waals surface area contributed by atoms with Crippen molar-refractivity contribution < 1.29 is 18.0 Å². The molecule has 0 nitrogen and oxygen atoms in total. The van der Waals surface area contributed by atoms with Crippen LogP contribution in [-0.2, 0) is 18.0 Å². The van der Waals surface area contributed by atoms with Crippen molar-refractivity contribution in [1.29, 1.82) is 0 Å². The van der Waals surface area contributed by atoms with E-state index in [1.165, 1.54) is 81.3 Å². The Balaban J connectivity index is 1.20. The molecule has 0 N–H and O–H groups in total. The third-order valence-electron chi connectivity index (χ3n) is 12.7. The zero-order valence-electron chi connectivity index (χ0n) is 29.1. The molecule has 0 aromatic heterocycles. The molecule has 0 amide bonds. The van der Waals surface area contributed by atoms with Crippen molar-refractivity contribution >= 4 is 15.4 Å². The summed E-state index contributed by atoms with van der Waals surface area (Å²) >= 11 is -4.06. The summed E-state index contributed by atoms with van der Waals surface area (Å²) in [6.07, 6.45) is 15.6. The molecule has 1 saturated carbocycles. The van der Waals surface area contributed by atoms with Crippen molar-refractivity contribution in [2.75, 3.05) is 0 Å². The van der Waals surface area contributed by atoms with Crippen LogP contribution in [0, 0.1) is 0 Å². The van der Waals surface area contributed by atoms with E-state index >= 15 is 0 Å². The molecule has 0 bridgehead atoms. The first kappa shape index (κ1) is 31.5. The third kappa shape index (κ3) is 4.92. The minimum atomic E-state index is -4.06. The molecule has 244 valence electrons. The number of hydrogen-bond donors (Lipinski definition) is 0. The number of benzene rings is 6. The van der Waals surface area contributed by atoms with Gasteiger partial charge in [-0.3, -0.25) is 0 Å². The van der Waals surface area contributed by atoms with E-state index in [9.17, 15) is 0 Å². The number of allylic oxidation sites excluding steroid dienone is 2. The standard InChI is InChI=1S/2C21H15.C5H8.2CH3.Hf/c2*1-2-8-16(9-3-1)18-12-4-5-13-20(18)21-15-7-11-17-10-6-14-19(17)21;1-2-4-5-3-1;;;/h2*1-15H;1-4H2;2*1H3;. The second-order valence-corrected chi connectivity index (χ2v) is 41.3. The Morgan fingerprint density at radius 1 is 0.400 bits per heavy atom. The fraction of sp³-hybridized carbons (Fsp3) is 0.163. The molecule has 2 atom stereocenters. The first-order valence-corrected chi connectivity index (χ1v) is 31.6. The van der Waals surface area contributed by atoms with Gasteiger partial charge in [-0.15, -0.1) is 0 Å². The van der Waals surface area contributed by atoms with Crippen LogP contribution >= 0.6 is 0 Å². The van der Waals surface area contributed by atoms with E-state index in [0.29, 0.717) is 7.35 Å². The molecule has 6 aromatic rings. The van der Waals surface area contributed by atoms with Crippen LogP contribution < -0.4 is 0 Å². The third-order valence-corrected chi connectivity index (χ3v) is 39.9. The van der Waals surface area contributed by atoms with Crippen LogP contribution in [0.25, 0.3) is 56.7 Å². The van der Waals surface area contributed by atoms with Crippen LogP contribution in [-0.4, -0.2) is 3.26 Å². The topological polar surface area (TPSA) is 0 Å².